The second-order valence-electron chi connectivity index (χ2n) is 11.4. The number of amides is 2. The van der Waals surface area contributed by atoms with Gasteiger partial charge in [-0.05, 0) is 0 Å². The van der Waals surface area contributed by atoms with Crippen LogP contribution in [0.5, 0.6) is 0 Å². The number of imidazole rings is 1. The number of hydrogen-bond donors (Lipinski definition) is 9. The lowest BCUT2D eigenvalue weighted by Crippen LogP contribution is -2.46. The Kier molecular flexibility index (Phi) is 14.8. The number of phosphoric acid groups is 3. The first-order valence-electron chi connectivity index (χ1n) is 14.5. The van der Waals surface area contributed by atoms with Crippen LogP contribution in [0.1, 0.15) is 33.4 Å². The van der Waals surface area contributed by atoms with Gasteiger partial charge in [-0.3, -0.25) is 32.5 Å². The highest BCUT2D eigenvalue weighted by Crippen LogP contribution is 2.61. The lowest BCUT2D eigenvalue weighted by atomic mass is 9.87. The molecule has 288 valence electrons. The van der Waals surface area contributed by atoms with Gasteiger partial charge in [0, 0.05) is 37.6 Å². The molecule has 1 aliphatic rings. The second-order valence-corrected chi connectivity index (χ2v) is 16.9. The van der Waals surface area contributed by atoms with Gasteiger partial charge in [0.2, 0.25) is 11.8 Å². The molecule has 0 bridgehead atoms. The number of anilines is 1. The highest BCUT2D eigenvalue weighted by molar-refractivity contribution is 8.13. The van der Waals surface area contributed by atoms with Gasteiger partial charge in [-0.15, -0.1) is 0 Å². The monoisotopic (exact) mass is 809 g/mol. The molecule has 1 aliphatic heterocycles. The maximum Gasteiger partial charge on any atom is 0.481 e. The second kappa shape index (κ2) is 17.6. The number of nitrogen functional groups attached to an aromatic ring is 1. The maximum absolute atomic E-state index is 12.6. The summed E-state index contributed by atoms with van der Waals surface area (Å²) in [6.07, 6.45) is -6.88. The van der Waals surface area contributed by atoms with E-state index in [4.69, 9.17) is 19.5 Å². The minimum atomic E-state index is -5.56. The summed E-state index contributed by atoms with van der Waals surface area (Å²) in [5.74, 6) is -1.08. The molecule has 24 nitrogen and oxygen atoms in total. The number of aliphatic hydroxyl groups excluding tert-OH is 2. The molecular formula is C23H38N7O17P3S. The van der Waals surface area contributed by atoms with E-state index in [0.29, 0.717) is 5.75 Å². The minimum Gasteiger partial charge on any atom is -0.386 e. The van der Waals surface area contributed by atoms with E-state index >= 15 is 0 Å². The van der Waals surface area contributed by atoms with Crippen molar-refractivity contribution in [3.05, 3.63) is 12.7 Å². The number of carbonyl (C=O) groups excluding carboxylic acids is 3. The van der Waals surface area contributed by atoms with Crippen LogP contribution >= 0.6 is 35.2 Å². The van der Waals surface area contributed by atoms with E-state index in [1.165, 1.54) is 20.8 Å². The van der Waals surface area contributed by atoms with Gasteiger partial charge in [0.15, 0.2) is 22.8 Å². The highest BCUT2D eigenvalue weighted by atomic mass is 32.2. The van der Waals surface area contributed by atoms with Crippen LogP contribution in [0.4, 0.5) is 5.82 Å². The van der Waals surface area contributed by atoms with Crippen molar-refractivity contribution in [2.24, 2.45) is 5.41 Å². The third kappa shape index (κ3) is 12.9. The molecule has 2 aromatic rings. The average Bonchev–Trinajstić information content (AvgIpc) is 3.57. The Labute approximate surface area is 293 Å². The maximum atomic E-state index is 12.6. The van der Waals surface area contributed by atoms with Gasteiger partial charge >= 0.3 is 23.5 Å². The molecule has 1 saturated heterocycles. The highest BCUT2D eigenvalue weighted by Gasteiger charge is 2.50. The van der Waals surface area contributed by atoms with Gasteiger partial charge in [-0.1, -0.05) is 25.6 Å². The first kappa shape index (κ1) is 43.0. The van der Waals surface area contributed by atoms with E-state index in [1.54, 1.807) is 0 Å². The lowest BCUT2D eigenvalue weighted by molar-refractivity contribution is -0.137. The number of fused-ring (bicyclic) bond motifs is 1. The van der Waals surface area contributed by atoms with Crippen LogP contribution in [-0.2, 0) is 50.7 Å². The summed E-state index contributed by atoms with van der Waals surface area (Å²) in [6, 6.07) is 0. The number of nitrogens with one attached hydrogen (secondary N) is 2. The number of rotatable bonds is 19. The fourth-order valence-electron chi connectivity index (χ4n) is 4.32. The molecule has 28 heteroatoms. The van der Waals surface area contributed by atoms with Crippen LogP contribution in [0.15, 0.2) is 12.7 Å². The van der Waals surface area contributed by atoms with Crippen molar-refractivity contribution in [2.45, 2.75) is 57.8 Å². The zero-order valence-electron chi connectivity index (χ0n) is 27.1. The van der Waals surface area contributed by atoms with Crippen molar-refractivity contribution >= 4 is 69.1 Å². The van der Waals surface area contributed by atoms with E-state index in [2.05, 4.69) is 34.4 Å². The van der Waals surface area contributed by atoms with Crippen molar-refractivity contribution in [2.75, 3.05) is 37.8 Å². The molecule has 51 heavy (non-hydrogen) atoms. The third-order valence-electron chi connectivity index (χ3n) is 6.81. The summed E-state index contributed by atoms with van der Waals surface area (Å²) < 4.78 is 61.8. The third-order valence-corrected chi connectivity index (χ3v) is 10.7. The number of hydrogen-bond acceptors (Lipinski definition) is 18. The molecule has 1 fully saturated rings. The Morgan fingerprint density at radius 1 is 1.08 bits per heavy atom. The molecule has 0 aliphatic carbocycles. The van der Waals surface area contributed by atoms with Gasteiger partial charge in [0.05, 0.1) is 19.5 Å². The Bertz CT molecular complexity index is 1710. The number of carbonyl (C=O) groups is 3. The number of aliphatic hydroxyl groups is 2. The van der Waals surface area contributed by atoms with Crippen molar-refractivity contribution in [3.8, 4) is 0 Å². The molecule has 0 aromatic carbocycles. The molecule has 0 saturated carbocycles. The Morgan fingerprint density at radius 3 is 2.39 bits per heavy atom. The number of thioether (sulfide) groups is 1. The zero-order chi connectivity index (χ0) is 38.4. The Balaban J connectivity index is 1.55. The average molecular weight is 810 g/mol. The smallest absolute Gasteiger partial charge is 0.386 e. The van der Waals surface area contributed by atoms with Gasteiger partial charge in [-0.25, -0.2) is 28.6 Å². The normalized spacial score (nSPS) is 22.6. The van der Waals surface area contributed by atoms with Gasteiger partial charge in [0.25, 0.3) is 0 Å². The summed E-state index contributed by atoms with van der Waals surface area (Å²) in [5.41, 5.74) is 4.26. The van der Waals surface area contributed by atoms with Crippen molar-refractivity contribution in [1.29, 1.82) is 0 Å². The van der Waals surface area contributed by atoms with Crippen LogP contribution < -0.4 is 16.4 Å². The van der Waals surface area contributed by atoms with Crippen LogP contribution in [-0.4, -0.2) is 123 Å². The molecule has 10 N–H and O–H groups in total. The number of nitrogens with zero attached hydrogens (tertiary/aromatic N) is 4. The fraction of sp³-hybridized carbons (Fsp3) is 0.652. The topological polar surface area (TPSA) is 364 Å². The Hall–Kier alpha value is -2.44. The molecule has 3 heterocycles. The van der Waals surface area contributed by atoms with E-state index in [-0.39, 0.29) is 41.6 Å². The quantitative estimate of drug-likeness (QED) is 0.0587. The zero-order valence-corrected chi connectivity index (χ0v) is 30.6. The molecule has 2 aromatic heterocycles. The molecular weight excluding hydrogens is 771 g/mol. The van der Waals surface area contributed by atoms with Crippen LogP contribution in [0.2, 0.25) is 0 Å². The van der Waals surface area contributed by atoms with E-state index < -0.39 is 84.6 Å². The molecule has 2 amide bonds. The first-order valence-corrected chi connectivity index (χ1v) is 20.0. The largest absolute Gasteiger partial charge is 0.481 e. The fourth-order valence-corrected chi connectivity index (χ4v) is 7.65. The van der Waals surface area contributed by atoms with E-state index in [9.17, 15) is 57.9 Å². The predicted molar refractivity (Wildman–Crippen MR) is 173 cm³/mol. The molecule has 7 atom stereocenters. The SMILES string of the molecule is CC(=O)SCCNC(=O)CCNC(=O)[C@H](O)C(C)(C)COP(=O)(O)OP(=O)(O)OC[C@@H]1O[C@H](n2cnc3c(N)ncnc32)[C@H](O)[C@H]1OP(=O)(O)O. The van der Waals surface area contributed by atoms with E-state index in [1.807, 2.05) is 0 Å². The number of ether oxygens (including phenoxy) is 1. The van der Waals surface area contributed by atoms with E-state index in [0.717, 1.165) is 29.0 Å². The van der Waals surface area contributed by atoms with Crippen LogP contribution in [0.25, 0.3) is 11.2 Å². The van der Waals surface area contributed by atoms with Crippen LogP contribution in [0, 0.1) is 5.41 Å². The van der Waals surface area contributed by atoms with Crippen molar-refractivity contribution in [1.82, 2.24) is 30.2 Å². The van der Waals surface area contributed by atoms with Gasteiger partial charge < -0.3 is 50.9 Å². The molecule has 2 unspecified atom stereocenters. The Morgan fingerprint density at radius 2 is 1.75 bits per heavy atom. The summed E-state index contributed by atoms with van der Waals surface area (Å²) in [5, 5.41) is 26.1. The summed E-state index contributed by atoms with van der Waals surface area (Å²) in [6.45, 7) is 1.90. The summed E-state index contributed by atoms with van der Waals surface area (Å²) in [7, 11) is -16.4. The van der Waals surface area contributed by atoms with Crippen molar-refractivity contribution in [3.63, 3.8) is 0 Å². The molecule has 0 radical (unpaired) electrons. The van der Waals surface area contributed by atoms with Gasteiger partial charge in [0.1, 0.15) is 36.3 Å². The number of phosphoric ester groups is 3. The molecule has 0 spiro atoms. The standard InChI is InChI=1S/C23H38N7O17P3S/c1-12(31)51-7-6-25-14(32)4-5-26-21(35)18(34)23(2,3)9-44-50(41,42)47-49(39,40)43-8-13-17(46-48(36,37)38)16(33)22(45-13)30-11-29-15-19(24)27-10-28-20(15)30/h10-11,13,16-18,22,33-34H,4-9H2,1-3H3,(H,25,32)(H,26,35)(H,39,40)(H,41,42)(H2,24,27,28)(H2,36,37,38)/t13-,16+,17-,18-,22-/m0/s1. The van der Waals surface area contributed by atoms with Crippen LogP contribution in [0.3, 0.4) is 0 Å². The summed E-state index contributed by atoms with van der Waals surface area (Å²) >= 11 is 1.03. The minimum absolute atomic E-state index is 0.0310. The number of aromatic nitrogens is 4. The lowest BCUT2D eigenvalue weighted by Gasteiger charge is -2.30. The first-order chi connectivity index (χ1) is 23.5. The predicted octanol–water partition coefficient (Wildman–Crippen LogP) is -1.32. The molecule has 3 rings (SSSR count). The van der Waals surface area contributed by atoms with Gasteiger partial charge in [-0.2, -0.15) is 4.31 Å². The summed E-state index contributed by atoms with van der Waals surface area (Å²) in [4.78, 5) is 85.9. The number of nitrogens with two attached hydrogens (primary N) is 1. The van der Waals surface area contributed by atoms with Crippen molar-refractivity contribution < 1.29 is 80.5 Å².